The van der Waals surface area contributed by atoms with Gasteiger partial charge in [-0.2, -0.15) is 11.8 Å². The molecule has 0 aromatic heterocycles. The molecule has 6 heteroatoms. The molecule has 114 valence electrons. The molecule has 1 aromatic carbocycles. The maximum Gasteiger partial charge on any atom is 0.327 e. The summed E-state index contributed by atoms with van der Waals surface area (Å²) < 4.78 is 5.46. The van der Waals surface area contributed by atoms with E-state index in [1.165, 1.54) is 10.5 Å². The Kier molecular flexibility index (Phi) is 5.50. The van der Waals surface area contributed by atoms with Gasteiger partial charge in [-0.25, -0.2) is 4.79 Å². The van der Waals surface area contributed by atoms with E-state index in [0.29, 0.717) is 18.0 Å². The van der Waals surface area contributed by atoms with Crippen molar-refractivity contribution in [3.05, 3.63) is 29.8 Å². The van der Waals surface area contributed by atoms with Crippen LogP contribution in [0.3, 0.4) is 0 Å². The molecule has 1 saturated heterocycles. The Balaban J connectivity index is 1.91. The minimum Gasteiger partial charge on any atom is -0.484 e. The van der Waals surface area contributed by atoms with Crippen LogP contribution in [0.2, 0.25) is 0 Å². The van der Waals surface area contributed by atoms with Crippen LogP contribution in [0.15, 0.2) is 24.3 Å². The number of thioether (sulfide) groups is 1. The van der Waals surface area contributed by atoms with E-state index in [0.717, 1.165) is 12.2 Å². The van der Waals surface area contributed by atoms with E-state index in [9.17, 15) is 9.59 Å². The first-order chi connectivity index (χ1) is 10.1. The summed E-state index contributed by atoms with van der Waals surface area (Å²) in [5.74, 6) is 0.594. The molecular weight excluding hydrogens is 290 g/mol. The fraction of sp³-hybridized carbons (Fsp3) is 0.467. The molecule has 2 rings (SSSR count). The normalized spacial score (nSPS) is 18.3. The standard InChI is InChI=1S/C15H19NO4S/c1-2-11-3-5-12(6-4-11)20-9-14(17)16-7-8-21-10-13(16)15(18)19/h3-6,13H,2,7-10H2,1H3,(H,18,19). The van der Waals surface area contributed by atoms with Crippen LogP contribution in [0, 0.1) is 0 Å². The number of aliphatic carboxylic acids is 1. The second kappa shape index (κ2) is 7.36. The van der Waals surface area contributed by atoms with E-state index < -0.39 is 12.0 Å². The van der Waals surface area contributed by atoms with Gasteiger partial charge in [-0.3, -0.25) is 4.79 Å². The number of carbonyl (C=O) groups is 2. The Bertz CT molecular complexity index is 503. The van der Waals surface area contributed by atoms with Crippen molar-refractivity contribution in [3.8, 4) is 5.75 Å². The quantitative estimate of drug-likeness (QED) is 0.896. The lowest BCUT2D eigenvalue weighted by Crippen LogP contribution is -2.51. The van der Waals surface area contributed by atoms with Crippen LogP contribution in [-0.2, 0) is 16.0 Å². The molecule has 1 fully saturated rings. The largest absolute Gasteiger partial charge is 0.484 e. The maximum absolute atomic E-state index is 12.1. The highest BCUT2D eigenvalue weighted by Crippen LogP contribution is 2.18. The fourth-order valence-corrected chi connectivity index (χ4v) is 3.19. The third-order valence-electron chi connectivity index (χ3n) is 3.43. The molecule has 5 nitrogen and oxygen atoms in total. The van der Waals surface area contributed by atoms with E-state index in [1.807, 2.05) is 24.3 Å². The van der Waals surface area contributed by atoms with Gasteiger partial charge in [0.25, 0.3) is 5.91 Å². The van der Waals surface area contributed by atoms with Gasteiger partial charge in [-0.05, 0) is 24.1 Å². The molecular formula is C15H19NO4S. The third kappa shape index (κ3) is 4.14. The topological polar surface area (TPSA) is 66.8 Å². The van der Waals surface area contributed by atoms with Gasteiger partial charge in [0.05, 0.1) is 0 Å². The second-order valence-electron chi connectivity index (χ2n) is 4.80. The molecule has 1 unspecified atom stereocenters. The Morgan fingerprint density at radius 2 is 2.10 bits per heavy atom. The molecule has 1 aromatic rings. The summed E-state index contributed by atoms with van der Waals surface area (Å²) in [6, 6.07) is 6.82. The number of rotatable bonds is 5. The van der Waals surface area contributed by atoms with Crippen molar-refractivity contribution < 1.29 is 19.4 Å². The number of hydrogen-bond donors (Lipinski definition) is 1. The van der Waals surface area contributed by atoms with E-state index in [1.54, 1.807) is 11.8 Å². The molecule has 0 spiro atoms. The lowest BCUT2D eigenvalue weighted by atomic mass is 10.2. The summed E-state index contributed by atoms with van der Waals surface area (Å²) in [7, 11) is 0. The lowest BCUT2D eigenvalue weighted by Gasteiger charge is -2.32. The Morgan fingerprint density at radius 3 is 2.71 bits per heavy atom. The van der Waals surface area contributed by atoms with E-state index in [-0.39, 0.29) is 12.5 Å². The number of amides is 1. The summed E-state index contributed by atoms with van der Waals surface area (Å²) in [4.78, 5) is 24.7. The maximum atomic E-state index is 12.1. The van der Waals surface area contributed by atoms with Crippen LogP contribution in [-0.4, -0.2) is 52.6 Å². The SMILES string of the molecule is CCc1ccc(OCC(=O)N2CCSCC2C(=O)O)cc1. The van der Waals surface area contributed by atoms with Gasteiger partial charge in [0, 0.05) is 18.1 Å². The highest BCUT2D eigenvalue weighted by Gasteiger charge is 2.32. The Hall–Kier alpha value is -1.69. The summed E-state index contributed by atoms with van der Waals surface area (Å²) in [5, 5.41) is 9.15. The summed E-state index contributed by atoms with van der Waals surface area (Å²) in [5.41, 5.74) is 1.20. The van der Waals surface area contributed by atoms with Gasteiger partial charge in [0.1, 0.15) is 11.8 Å². The van der Waals surface area contributed by atoms with Crippen molar-refractivity contribution in [2.75, 3.05) is 24.7 Å². The van der Waals surface area contributed by atoms with Crippen molar-refractivity contribution in [3.63, 3.8) is 0 Å². The predicted octanol–water partition coefficient (Wildman–Crippen LogP) is 1.66. The molecule has 1 amide bonds. The molecule has 0 saturated carbocycles. The van der Waals surface area contributed by atoms with Gasteiger partial charge in [-0.15, -0.1) is 0 Å². The molecule has 0 radical (unpaired) electrons. The van der Waals surface area contributed by atoms with Crippen LogP contribution in [0.25, 0.3) is 0 Å². The number of aryl methyl sites for hydroxylation is 1. The zero-order valence-corrected chi connectivity index (χ0v) is 12.8. The van der Waals surface area contributed by atoms with E-state index in [2.05, 4.69) is 6.92 Å². The van der Waals surface area contributed by atoms with Crippen molar-refractivity contribution in [1.29, 1.82) is 0 Å². The minimum atomic E-state index is -0.956. The smallest absolute Gasteiger partial charge is 0.327 e. The number of nitrogens with zero attached hydrogens (tertiary/aromatic N) is 1. The fourth-order valence-electron chi connectivity index (χ4n) is 2.16. The summed E-state index contributed by atoms with van der Waals surface area (Å²) in [6.45, 7) is 2.40. The number of carbonyl (C=O) groups excluding carboxylic acids is 1. The number of ether oxygens (including phenoxy) is 1. The molecule has 1 N–H and O–H groups in total. The third-order valence-corrected chi connectivity index (χ3v) is 4.45. The predicted molar refractivity (Wildman–Crippen MR) is 81.8 cm³/mol. The molecule has 1 aliphatic rings. The first-order valence-corrected chi connectivity index (χ1v) is 8.09. The van der Waals surface area contributed by atoms with E-state index >= 15 is 0 Å². The van der Waals surface area contributed by atoms with Crippen LogP contribution in [0.5, 0.6) is 5.75 Å². The van der Waals surface area contributed by atoms with Crippen LogP contribution < -0.4 is 4.74 Å². The number of carboxylic acid groups (broad SMARTS) is 1. The van der Waals surface area contributed by atoms with Crippen LogP contribution in [0.4, 0.5) is 0 Å². The first kappa shape index (κ1) is 15.7. The van der Waals surface area contributed by atoms with Crippen molar-refractivity contribution >= 4 is 23.6 Å². The monoisotopic (exact) mass is 309 g/mol. The second-order valence-corrected chi connectivity index (χ2v) is 5.95. The van der Waals surface area contributed by atoms with Gasteiger partial charge in [0.15, 0.2) is 6.61 Å². The number of carboxylic acids is 1. The average molecular weight is 309 g/mol. The highest BCUT2D eigenvalue weighted by atomic mass is 32.2. The van der Waals surface area contributed by atoms with Crippen molar-refractivity contribution in [2.45, 2.75) is 19.4 Å². The van der Waals surface area contributed by atoms with Crippen molar-refractivity contribution in [1.82, 2.24) is 4.90 Å². The highest BCUT2D eigenvalue weighted by molar-refractivity contribution is 7.99. The average Bonchev–Trinajstić information content (AvgIpc) is 2.53. The Labute approximate surface area is 128 Å². The molecule has 21 heavy (non-hydrogen) atoms. The summed E-state index contributed by atoms with van der Waals surface area (Å²) in [6.07, 6.45) is 0.949. The number of benzene rings is 1. The minimum absolute atomic E-state index is 0.125. The van der Waals surface area contributed by atoms with Gasteiger partial charge >= 0.3 is 5.97 Å². The summed E-state index contributed by atoms with van der Waals surface area (Å²) >= 11 is 1.56. The molecule has 0 aliphatic carbocycles. The van der Waals surface area contributed by atoms with Crippen molar-refractivity contribution in [2.24, 2.45) is 0 Å². The zero-order chi connectivity index (χ0) is 15.2. The van der Waals surface area contributed by atoms with Gasteiger partial charge in [-0.1, -0.05) is 19.1 Å². The van der Waals surface area contributed by atoms with Crippen LogP contribution in [0.1, 0.15) is 12.5 Å². The number of hydrogen-bond acceptors (Lipinski definition) is 4. The molecule has 0 bridgehead atoms. The molecule has 1 heterocycles. The molecule has 1 atom stereocenters. The van der Waals surface area contributed by atoms with Gasteiger partial charge < -0.3 is 14.7 Å². The van der Waals surface area contributed by atoms with Crippen LogP contribution >= 0.6 is 11.8 Å². The van der Waals surface area contributed by atoms with Gasteiger partial charge in [0.2, 0.25) is 0 Å². The molecule has 1 aliphatic heterocycles. The van der Waals surface area contributed by atoms with E-state index in [4.69, 9.17) is 9.84 Å². The zero-order valence-electron chi connectivity index (χ0n) is 11.9. The Morgan fingerprint density at radius 1 is 1.38 bits per heavy atom. The first-order valence-electron chi connectivity index (χ1n) is 6.93. The lowest BCUT2D eigenvalue weighted by molar-refractivity contribution is -0.150.